The van der Waals surface area contributed by atoms with E-state index >= 15 is 0 Å². The Hall–Kier alpha value is -0.0500. The van der Waals surface area contributed by atoms with Gasteiger partial charge < -0.3 is 5.73 Å². The third-order valence-electron chi connectivity index (χ3n) is 3.74. The molecule has 1 fully saturated rings. The number of rotatable bonds is 4. The Bertz CT molecular complexity index is 374. The summed E-state index contributed by atoms with van der Waals surface area (Å²) in [4.78, 5) is 0. The number of halogens is 2. The molecule has 2 rings (SSSR count). The van der Waals surface area contributed by atoms with E-state index in [2.05, 4.69) is 15.9 Å². The molecule has 1 aromatic carbocycles. The van der Waals surface area contributed by atoms with Gasteiger partial charge in [0.05, 0.1) is 5.02 Å². The van der Waals surface area contributed by atoms with Crippen molar-refractivity contribution in [2.24, 2.45) is 11.7 Å². The van der Waals surface area contributed by atoms with Crippen LogP contribution in [0.3, 0.4) is 0 Å². The van der Waals surface area contributed by atoms with Crippen molar-refractivity contribution in [3.8, 4) is 0 Å². The molecular formula is C14H19BrClN. The molecule has 1 saturated carbocycles. The van der Waals surface area contributed by atoms with Crippen molar-refractivity contribution in [2.45, 2.75) is 44.6 Å². The predicted octanol–water partition coefficient (Wildman–Crippen LogP) is 5.07. The molecule has 0 aliphatic heterocycles. The van der Waals surface area contributed by atoms with E-state index in [0.717, 1.165) is 27.4 Å². The van der Waals surface area contributed by atoms with Gasteiger partial charge in [0.2, 0.25) is 0 Å². The van der Waals surface area contributed by atoms with E-state index in [1.54, 1.807) is 0 Å². The van der Waals surface area contributed by atoms with Crippen LogP contribution in [0.4, 0.5) is 0 Å². The monoisotopic (exact) mass is 315 g/mol. The molecule has 1 unspecified atom stereocenters. The summed E-state index contributed by atoms with van der Waals surface area (Å²) in [5.74, 6) is 0.895. The van der Waals surface area contributed by atoms with Crippen LogP contribution in [0, 0.1) is 5.92 Å². The van der Waals surface area contributed by atoms with Crippen LogP contribution in [0.2, 0.25) is 5.02 Å². The summed E-state index contributed by atoms with van der Waals surface area (Å²) < 4.78 is 0.938. The molecule has 1 atom stereocenters. The van der Waals surface area contributed by atoms with Gasteiger partial charge >= 0.3 is 0 Å². The van der Waals surface area contributed by atoms with Crippen LogP contribution in [-0.2, 0) is 0 Å². The Labute approximate surface area is 117 Å². The van der Waals surface area contributed by atoms with Crippen molar-refractivity contribution in [3.63, 3.8) is 0 Å². The molecule has 17 heavy (non-hydrogen) atoms. The van der Waals surface area contributed by atoms with E-state index in [1.807, 2.05) is 18.2 Å². The molecule has 0 saturated heterocycles. The minimum atomic E-state index is 0.0700. The van der Waals surface area contributed by atoms with Crippen molar-refractivity contribution in [3.05, 3.63) is 33.3 Å². The first-order chi connectivity index (χ1) is 8.18. The molecule has 0 amide bonds. The van der Waals surface area contributed by atoms with Gasteiger partial charge in [0.15, 0.2) is 0 Å². The molecule has 3 heteroatoms. The topological polar surface area (TPSA) is 26.0 Å². The Kier molecular flexibility index (Phi) is 4.89. The molecule has 0 aromatic heterocycles. The van der Waals surface area contributed by atoms with Crippen molar-refractivity contribution in [1.29, 1.82) is 0 Å². The van der Waals surface area contributed by atoms with Gasteiger partial charge in [-0.05, 0) is 46.3 Å². The fourth-order valence-electron chi connectivity index (χ4n) is 2.68. The fraction of sp³-hybridized carbons (Fsp3) is 0.571. The van der Waals surface area contributed by atoms with Gasteiger partial charge in [-0.3, -0.25) is 0 Å². The quantitative estimate of drug-likeness (QED) is 0.824. The first-order valence-corrected chi connectivity index (χ1v) is 7.55. The fourth-order valence-corrected chi connectivity index (χ4v) is 3.32. The predicted molar refractivity (Wildman–Crippen MR) is 77.3 cm³/mol. The number of hydrogen-bond donors (Lipinski definition) is 1. The van der Waals surface area contributed by atoms with E-state index in [-0.39, 0.29) is 6.04 Å². The summed E-state index contributed by atoms with van der Waals surface area (Å²) in [5, 5.41) is 0.770. The second kappa shape index (κ2) is 6.21. The highest BCUT2D eigenvalue weighted by Crippen LogP contribution is 2.34. The second-order valence-electron chi connectivity index (χ2n) is 4.98. The Morgan fingerprint density at radius 1 is 1.35 bits per heavy atom. The van der Waals surface area contributed by atoms with Crippen LogP contribution >= 0.6 is 27.5 Å². The van der Waals surface area contributed by atoms with Crippen molar-refractivity contribution >= 4 is 27.5 Å². The summed E-state index contributed by atoms with van der Waals surface area (Å²) >= 11 is 9.70. The van der Waals surface area contributed by atoms with Crippen LogP contribution in [0.25, 0.3) is 0 Å². The zero-order chi connectivity index (χ0) is 12.3. The summed E-state index contributed by atoms with van der Waals surface area (Å²) in [7, 11) is 0. The highest BCUT2D eigenvalue weighted by atomic mass is 79.9. The van der Waals surface area contributed by atoms with Gasteiger partial charge in [0.1, 0.15) is 0 Å². The van der Waals surface area contributed by atoms with Gasteiger partial charge in [-0.25, -0.2) is 0 Å². The van der Waals surface area contributed by atoms with E-state index in [9.17, 15) is 0 Å². The Morgan fingerprint density at radius 3 is 2.76 bits per heavy atom. The molecule has 0 bridgehead atoms. The normalized spacial score (nSPS) is 18.5. The first-order valence-electron chi connectivity index (χ1n) is 6.38. The molecule has 0 heterocycles. The zero-order valence-electron chi connectivity index (χ0n) is 9.96. The highest BCUT2D eigenvalue weighted by molar-refractivity contribution is 9.10. The van der Waals surface area contributed by atoms with Gasteiger partial charge in [-0.1, -0.05) is 49.4 Å². The number of nitrogens with two attached hydrogens (primary N) is 1. The summed E-state index contributed by atoms with van der Waals surface area (Å²) in [6.45, 7) is 0. The lowest BCUT2D eigenvalue weighted by Crippen LogP contribution is -2.12. The van der Waals surface area contributed by atoms with Gasteiger partial charge in [-0.15, -0.1) is 0 Å². The maximum atomic E-state index is 6.26. The summed E-state index contributed by atoms with van der Waals surface area (Å²) in [6.07, 6.45) is 7.86. The SMILES string of the molecule is NC(CCC1CCCC1)c1cccc(Br)c1Cl. The lowest BCUT2D eigenvalue weighted by Gasteiger charge is -2.16. The van der Waals surface area contributed by atoms with E-state index in [4.69, 9.17) is 17.3 Å². The standard InChI is InChI=1S/C14H19BrClN/c15-12-7-3-6-11(14(12)16)13(17)9-8-10-4-1-2-5-10/h3,6-7,10,13H,1-2,4-5,8-9,17H2. The van der Waals surface area contributed by atoms with Crippen LogP contribution in [0.5, 0.6) is 0 Å². The summed E-state index contributed by atoms with van der Waals surface area (Å²) in [6, 6.07) is 6.06. The van der Waals surface area contributed by atoms with Crippen LogP contribution < -0.4 is 5.73 Å². The van der Waals surface area contributed by atoms with Crippen LogP contribution in [0.1, 0.15) is 50.1 Å². The largest absolute Gasteiger partial charge is 0.324 e. The molecule has 1 aliphatic carbocycles. The molecule has 0 spiro atoms. The molecule has 0 radical (unpaired) electrons. The van der Waals surface area contributed by atoms with Crippen molar-refractivity contribution in [1.82, 2.24) is 0 Å². The molecule has 1 aliphatic rings. The highest BCUT2D eigenvalue weighted by Gasteiger charge is 2.18. The van der Waals surface area contributed by atoms with Crippen LogP contribution in [-0.4, -0.2) is 0 Å². The van der Waals surface area contributed by atoms with Gasteiger partial charge in [0.25, 0.3) is 0 Å². The van der Waals surface area contributed by atoms with E-state index < -0.39 is 0 Å². The number of benzene rings is 1. The molecule has 2 N–H and O–H groups in total. The van der Waals surface area contributed by atoms with Crippen molar-refractivity contribution in [2.75, 3.05) is 0 Å². The molecule has 94 valence electrons. The maximum Gasteiger partial charge on any atom is 0.0595 e. The average molecular weight is 317 g/mol. The molecule has 1 nitrogen and oxygen atoms in total. The Morgan fingerprint density at radius 2 is 2.06 bits per heavy atom. The smallest absolute Gasteiger partial charge is 0.0595 e. The van der Waals surface area contributed by atoms with Gasteiger partial charge in [-0.2, -0.15) is 0 Å². The van der Waals surface area contributed by atoms with E-state index in [1.165, 1.54) is 32.1 Å². The van der Waals surface area contributed by atoms with E-state index in [0.29, 0.717) is 0 Å². The first kappa shape index (κ1) is 13.4. The second-order valence-corrected chi connectivity index (χ2v) is 6.21. The molecular weight excluding hydrogens is 298 g/mol. The van der Waals surface area contributed by atoms with Gasteiger partial charge in [0, 0.05) is 10.5 Å². The minimum Gasteiger partial charge on any atom is -0.324 e. The van der Waals surface area contributed by atoms with Crippen molar-refractivity contribution < 1.29 is 0 Å². The maximum absolute atomic E-state index is 6.26. The lowest BCUT2D eigenvalue weighted by molar-refractivity contribution is 0.454. The third-order valence-corrected chi connectivity index (χ3v) is 5.05. The lowest BCUT2D eigenvalue weighted by atomic mass is 9.95. The number of hydrogen-bond acceptors (Lipinski definition) is 1. The Balaban J connectivity index is 1.94. The zero-order valence-corrected chi connectivity index (χ0v) is 12.3. The van der Waals surface area contributed by atoms with Crippen LogP contribution in [0.15, 0.2) is 22.7 Å². The summed E-state index contributed by atoms with van der Waals surface area (Å²) in [5.41, 5.74) is 7.31. The minimum absolute atomic E-state index is 0.0700. The molecule has 1 aromatic rings. The average Bonchev–Trinajstić information content (AvgIpc) is 2.82. The third kappa shape index (κ3) is 3.46.